The summed E-state index contributed by atoms with van der Waals surface area (Å²) in [4.78, 5) is 19.4. The largest absolute Gasteiger partial charge is 0.497 e. The highest BCUT2D eigenvalue weighted by atomic mass is 16.5. The lowest BCUT2D eigenvalue weighted by Gasteiger charge is -2.25. The van der Waals surface area contributed by atoms with Crippen LogP contribution in [0.5, 0.6) is 5.75 Å². The van der Waals surface area contributed by atoms with Crippen LogP contribution in [0.2, 0.25) is 0 Å². The fraction of sp³-hybridized carbons (Fsp3) is 0.400. The quantitative estimate of drug-likeness (QED) is 0.599. The molecule has 2 aromatic carbocycles. The van der Waals surface area contributed by atoms with Gasteiger partial charge >= 0.3 is 0 Å². The summed E-state index contributed by atoms with van der Waals surface area (Å²) in [6.45, 7) is 0.618. The molecule has 0 bridgehead atoms. The summed E-state index contributed by atoms with van der Waals surface area (Å²) in [5.41, 5.74) is 5.00. The Morgan fingerprint density at radius 2 is 1.94 bits per heavy atom. The number of aryl methyl sites for hydroxylation is 3. The van der Waals surface area contributed by atoms with Gasteiger partial charge in [0.2, 0.25) is 11.8 Å². The third kappa shape index (κ3) is 4.07. The van der Waals surface area contributed by atoms with Crippen molar-refractivity contribution >= 4 is 11.6 Å². The van der Waals surface area contributed by atoms with E-state index in [1.165, 1.54) is 29.5 Å². The summed E-state index contributed by atoms with van der Waals surface area (Å²) in [6, 6.07) is 14.4. The standard InChI is InChI=1S/C25H27N3O3/c1-30-20-12-9-17(10-13-20)11-14-23-26-25(27-31-23)19-15-24(29)28(16-19)22-8-4-6-18-5-2-3-7-21(18)22/h4,6,8-10,12-13,19H,2-3,5,7,11,14-16H2,1H3. The number of aromatic nitrogens is 2. The van der Waals surface area contributed by atoms with E-state index in [0.717, 1.165) is 30.7 Å². The number of hydrogen-bond acceptors (Lipinski definition) is 5. The molecule has 5 rings (SSSR count). The summed E-state index contributed by atoms with van der Waals surface area (Å²) in [5.74, 6) is 2.23. The zero-order valence-electron chi connectivity index (χ0n) is 17.8. The van der Waals surface area contributed by atoms with E-state index in [1.807, 2.05) is 29.2 Å². The van der Waals surface area contributed by atoms with Gasteiger partial charge < -0.3 is 14.2 Å². The second-order valence-corrected chi connectivity index (χ2v) is 8.42. The van der Waals surface area contributed by atoms with Gasteiger partial charge in [-0.05, 0) is 67.0 Å². The maximum Gasteiger partial charge on any atom is 0.227 e. The minimum absolute atomic E-state index is 0.0227. The average Bonchev–Trinajstić information content (AvgIpc) is 3.44. The van der Waals surface area contributed by atoms with Gasteiger partial charge in [-0.15, -0.1) is 0 Å². The SMILES string of the molecule is COc1ccc(CCc2nc(C3CC(=O)N(c4cccc5c4CCCC5)C3)no2)cc1. The molecule has 0 radical (unpaired) electrons. The molecule has 31 heavy (non-hydrogen) atoms. The molecular formula is C25H27N3O3. The number of fused-ring (bicyclic) bond motifs is 1. The maximum absolute atomic E-state index is 12.8. The summed E-state index contributed by atoms with van der Waals surface area (Å²) in [5, 5.41) is 4.20. The molecule has 6 nitrogen and oxygen atoms in total. The first-order valence-corrected chi connectivity index (χ1v) is 11.1. The topological polar surface area (TPSA) is 68.5 Å². The molecule has 1 fully saturated rings. The Balaban J connectivity index is 1.26. The molecule has 6 heteroatoms. The molecular weight excluding hydrogens is 390 g/mol. The molecule has 160 valence electrons. The Morgan fingerprint density at radius 1 is 1.10 bits per heavy atom. The normalized spacial score (nSPS) is 18.3. The Labute approximate surface area is 182 Å². The van der Waals surface area contributed by atoms with Gasteiger partial charge in [-0.2, -0.15) is 4.98 Å². The van der Waals surface area contributed by atoms with Crippen molar-refractivity contribution in [3.8, 4) is 5.75 Å². The van der Waals surface area contributed by atoms with Crippen LogP contribution in [-0.4, -0.2) is 29.7 Å². The summed E-state index contributed by atoms with van der Waals surface area (Å²) < 4.78 is 10.7. The van der Waals surface area contributed by atoms with Gasteiger partial charge in [0, 0.05) is 31.0 Å². The highest BCUT2D eigenvalue weighted by molar-refractivity contribution is 5.97. The van der Waals surface area contributed by atoms with Crippen LogP contribution in [0.3, 0.4) is 0 Å². The number of carbonyl (C=O) groups excluding carboxylic acids is 1. The van der Waals surface area contributed by atoms with Crippen LogP contribution in [0.15, 0.2) is 47.0 Å². The molecule has 1 atom stereocenters. The predicted octanol–water partition coefficient (Wildman–Crippen LogP) is 4.26. The second-order valence-electron chi connectivity index (χ2n) is 8.42. The Hall–Kier alpha value is -3.15. The molecule has 1 aromatic heterocycles. The van der Waals surface area contributed by atoms with E-state index in [2.05, 4.69) is 28.3 Å². The molecule has 1 unspecified atom stereocenters. The number of nitrogens with zero attached hydrogens (tertiary/aromatic N) is 3. The fourth-order valence-electron chi connectivity index (χ4n) is 4.71. The van der Waals surface area contributed by atoms with E-state index in [1.54, 1.807) is 7.11 Å². The summed E-state index contributed by atoms with van der Waals surface area (Å²) >= 11 is 0. The van der Waals surface area contributed by atoms with Gasteiger partial charge in [-0.1, -0.05) is 29.4 Å². The fourth-order valence-corrected chi connectivity index (χ4v) is 4.71. The van der Waals surface area contributed by atoms with Gasteiger partial charge in [0.05, 0.1) is 7.11 Å². The summed E-state index contributed by atoms with van der Waals surface area (Å²) in [6.07, 6.45) is 6.51. The monoisotopic (exact) mass is 417 g/mol. The van der Waals surface area contributed by atoms with Crippen LogP contribution in [-0.2, 0) is 30.5 Å². The lowest BCUT2D eigenvalue weighted by Crippen LogP contribution is -2.26. The number of benzene rings is 2. The third-order valence-electron chi connectivity index (χ3n) is 6.42. The van der Waals surface area contributed by atoms with Gasteiger partial charge in [0.25, 0.3) is 0 Å². The van der Waals surface area contributed by atoms with Crippen molar-refractivity contribution in [2.75, 3.05) is 18.6 Å². The van der Waals surface area contributed by atoms with Gasteiger partial charge in [0.1, 0.15) is 5.75 Å². The van der Waals surface area contributed by atoms with Crippen molar-refractivity contribution in [3.05, 3.63) is 70.9 Å². The van der Waals surface area contributed by atoms with Crippen LogP contribution in [0, 0.1) is 0 Å². The van der Waals surface area contributed by atoms with E-state index >= 15 is 0 Å². The molecule has 0 saturated carbocycles. The first kappa shape index (κ1) is 19.8. The summed E-state index contributed by atoms with van der Waals surface area (Å²) in [7, 11) is 1.66. The maximum atomic E-state index is 12.8. The van der Waals surface area contributed by atoms with Crippen LogP contribution < -0.4 is 9.64 Å². The number of methoxy groups -OCH3 is 1. The molecule has 0 N–H and O–H groups in total. The number of anilines is 1. The minimum Gasteiger partial charge on any atom is -0.497 e. The Bertz CT molecular complexity index is 1070. The molecule has 1 amide bonds. The molecule has 1 aliphatic heterocycles. The number of hydrogen-bond donors (Lipinski definition) is 0. The van der Waals surface area contributed by atoms with Gasteiger partial charge in [0.15, 0.2) is 5.82 Å². The molecule has 2 aliphatic rings. The van der Waals surface area contributed by atoms with Crippen molar-refractivity contribution in [1.29, 1.82) is 0 Å². The van der Waals surface area contributed by atoms with Crippen LogP contribution in [0.1, 0.15) is 53.6 Å². The smallest absolute Gasteiger partial charge is 0.227 e. The highest BCUT2D eigenvalue weighted by Crippen LogP contribution is 2.36. The first-order chi connectivity index (χ1) is 15.2. The lowest BCUT2D eigenvalue weighted by molar-refractivity contribution is -0.117. The van der Waals surface area contributed by atoms with Gasteiger partial charge in [-0.3, -0.25) is 4.79 Å². The Morgan fingerprint density at radius 3 is 2.77 bits per heavy atom. The Kier molecular flexibility index (Phi) is 5.45. The van der Waals surface area contributed by atoms with E-state index in [-0.39, 0.29) is 11.8 Å². The lowest BCUT2D eigenvalue weighted by atomic mass is 9.90. The van der Waals surface area contributed by atoms with Crippen molar-refractivity contribution in [1.82, 2.24) is 10.1 Å². The number of carbonyl (C=O) groups is 1. The predicted molar refractivity (Wildman–Crippen MR) is 117 cm³/mol. The molecule has 1 aliphatic carbocycles. The van der Waals surface area contributed by atoms with Crippen molar-refractivity contribution < 1.29 is 14.1 Å². The van der Waals surface area contributed by atoms with Crippen molar-refractivity contribution in [2.24, 2.45) is 0 Å². The number of amides is 1. The molecule has 3 aromatic rings. The van der Waals surface area contributed by atoms with Crippen molar-refractivity contribution in [2.45, 2.75) is 50.9 Å². The molecule has 2 heterocycles. The number of ether oxygens (including phenoxy) is 1. The zero-order valence-corrected chi connectivity index (χ0v) is 17.8. The van der Waals surface area contributed by atoms with E-state index in [4.69, 9.17) is 9.26 Å². The first-order valence-electron chi connectivity index (χ1n) is 11.1. The van der Waals surface area contributed by atoms with Crippen LogP contribution in [0.4, 0.5) is 5.69 Å². The van der Waals surface area contributed by atoms with Gasteiger partial charge in [-0.25, -0.2) is 0 Å². The van der Waals surface area contributed by atoms with E-state index < -0.39 is 0 Å². The highest BCUT2D eigenvalue weighted by Gasteiger charge is 2.35. The van der Waals surface area contributed by atoms with Crippen LogP contribution >= 0.6 is 0 Å². The zero-order chi connectivity index (χ0) is 21.2. The second kappa shape index (κ2) is 8.53. The minimum atomic E-state index is -0.0227. The molecule has 1 saturated heterocycles. The molecule has 0 spiro atoms. The number of rotatable bonds is 6. The average molecular weight is 418 g/mol. The van der Waals surface area contributed by atoms with Crippen LogP contribution in [0.25, 0.3) is 0 Å². The van der Waals surface area contributed by atoms with E-state index in [0.29, 0.717) is 31.1 Å². The third-order valence-corrected chi connectivity index (χ3v) is 6.42. The van der Waals surface area contributed by atoms with E-state index in [9.17, 15) is 4.79 Å². The van der Waals surface area contributed by atoms with Crippen molar-refractivity contribution in [3.63, 3.8) is 0 Å².